The average Bonchev–Trinajstić information content (AvgIpc) is 2.39. The molecule has 0 amide bonds. The smallest absolute Gasteiger partial charge is 0.233 e. The fourth-order valence-electron chi connectivity index (χ4n) is 1.47. The molecule has 0 bridgehead atoms. The van der Waals surface area contributed by atoms with E-state index in [0.717, 1.165) is 10.0 Å². The monoisotopic (exact) mass is 339 g/mol. The second-order valence-electron chi connectivity index (χ2n) is 3.81. The summed E-state index contributed by atoms with van der Waals surface area (Å²) in [6.45, 7) is 0.349. The lowest BCUT2D eigenvalue weighted by atomic mass is 10.2. The predicted octanol–water partition coefficient (Wildman–Crippen LogP) is 3.36. The highest BCUT2D eigenvalue weighted by Gasteiger charge is 2.10. The quantitative estimate of drug-likeness (QED) is 0.662. The number of hydrogen-bond donors (Lipinski definition) is 2. The van der Waals surface area contributed by atoms with E-state index in [9.17, 15) is 0 Å². The Morgan fingerprint density at radius 2 is 2.00 bits per heavy atom. The van der Waals surface area contributed by atoms with Gasteiger partial charge in [0.1, 0.15) is 17.5 Å². The molecule has 2 rings (SSSR count). The minimum absolute atomic E-state index is 0.110. The zero-order valence-corrected chi connectivity index (χ0v) is 12.2. The van der Waals surface area contributed by atoms with Crippen molar-refractivity contribution in [2.45, 2.75) is 6.61 Å². The Labute approximate surface area is 124 Å². The molecule has 0 unspecified atom stereocenters. The standard InChI is InChI=1S/C13H11BrClN3O/c14-9-3-1-8(2-4-9)7-19-13-11(15)10(12(16)17)5-6-18-13/h1-6H,7H2,(H3,16,17). The van der Waals surface area contributed by atoms with Crippen LogP contribution in [-0.4, -0.2) is 10.8 Å². The lowest BCUT2D eigenvalue weighted by Gasteiger charge is -2.09. The summed E-state index contributed by atoms with van der Waals surface area (Å²) in [4.78, 5) is 4.04. The van der Waals surface area contributed by atoms with Crippen molar-refractivity contribution in [3.63, 3.8) is 0 Å². The fraction of sp³-hybridized carbons (Fsp3) is 0.0769. The number of rotatable bonds is 4. The third-order valence-corrected chi connectivity index (χ3v) is 3.33. The van der Waals surface area contributed by atoms with Crippen LogP contribution >= 0.6 is 27.5 Å². The second-order valence-corrected chi connectivity index (χ2v) is 5.10. The lowest BCUT2D eigenvalue weighted by molar-refractivity contribution is 0.294. The molecule has 0 aliphatic heterocycles. The van der Waals surface area contributed by atoms with Gasteiger partial charge in [0.25, 0.3) is 0 Å². The highest BCUT2D eigenvalue weighted by molar-refractivity contribution is 9.10. The molecule has 1 heterocycles. The van der Waals surface area contributed by atoms with E-state index in [0.29, 0.717) is 12.2 Å². The number of nitrogens with one attached hydrogen (secondary N) is 1. The van der Waals surface area contributed by atoms with Crippen LogP contribution in [0.25, 0.3) is 0 Å². The van der Waals surface area contributed by atoms with Gasteiger partial charge >= 0.3 is 0 Å². The van der Waals surface area contributed by atoms with Gasteiger partial charge in [-0.1, -0.05) is 39.7 Å². The molecule has 6 heteroatoms. The van der Waals surface area contributed by atoms with Crippen molar-refractivity contribution in [2.75, 3.05) is 0 Å². The van der Waals surface area contributed by atoms with Crippen molar-refractivity contribution in [3.05, 3.63) is 57.2 Å². The lowest BCUT2D eigenvalue weighted by Crippen LogP contribution is -2.12. The van der Waals surface area contributed by atoms with Crippen LogP contribution in [-0.2, 0) is 6.61 Å². The molecule has 19 heavy (non-hydrogen) atoms. The molecule has 4 nitrogen and oxygen atoms in total. The molecule has 0 radical (unpaired) electrons. The van der Waals surface area contributed by atoms with Gasteiger partial charge in [-0.2, -0.15) is 0 Å². The van der Waals surface area contributed by atoms with E-state index in [2.05, 4.69) is 20.9 Å². The minimum atomic E-state index is -0.110. The van der Waals surface area contributed by atoms with Gasteiger partial charge in [0, 0.05) is 16.2 Å². The normalized spacial score (nSPS) is 10.2. The highest BCUT2D eigenvalue weighted by Crippen LogP contribution is 2.26. The van der Waals surface area contributed by atoms with Gasteiger partial charge in [-0.3, -0.25) is 5.41 Å². The first-order chi connectivity index (χ1) is 9.08. The maximum Gasteiger partial charge on any atom is 0.233 e. The first-order valence-corrected chi connectivity index (χ1v) is 6.61. The summed E-state index contributed by atoms with van der Waals surface area (Å²) < 4.78 is 6.55. The van der Waals surface area contributed by atoms with Gasteiger partial charge in [-0.05, 0) is 23.8 Å². The Morgan fingerprint density at radius 3 is 2.63 bits per heavy atom. The molecule has 3 N–H and O–H groups in total. The van der Waals surface area contributed by atoms with Crippen molar-refractivity contribution in [2.24, 2.45) is 5.73 Å². The highest BCUT2D eigenvalue weighted by atomic mass is 79.9. The Bertz CT molecular complexity index is 601. The molecule has 1 aromatic carbocycles. The molecule has 98 valence electrons. The maximum absolute atomic E-state index is 7.40. The number of halogens is 2. The summed E-state index contributed by atoms with van der Waals surface area (Å²) in [5, 5.41) is 7.65. The van der Waals surface area contributed by atoms with Crippen LogP contribution in [0.2, 0.25) is 5.02 Å². The fourth-order valence-corrected chi connectivity index (χ4v) is 2.00. The summed E-state index contributed by atoms with van der Waals surface area (Å²) in [5.74, 6) is 0.165. The van der Waals surface area contributed by atoms with Crippen molar-refractivity contribution in [3.8, 4) is 5.88 Å². The van der Waals surface area contributed by atoms with E-state index in [-0.39, 0.29) is 16.7 Å². The largest absolute Gasteiger partial charge is 0.472 e. The van der Waals surface area contributed by atoms with Crippen molar-refractivity contribution >= 4 is 33.4 Å². The van der Waals surface area contributed by atoms with Crippen molar-refractivity contribution in [1.29, 1.82) is 5.41 Å². The summed E-state index contributed by atoms with van der Waals surface area (Å²) in [6, 6.07) is 9.32. The number of nitrogens with zero attached hydrogens (tertiary/aromatic N) is 1. The first-order valence-electron chi connectivity index (χ1n) is 5.44. The van der Waals surface area contributed by atoms with E-state index >= 15 is 0 Å². The number of hydrogen-bond acceptors (Lipinski definition) is 3. The topological polar surface area (TPSA) is 72.0 Å². The predicted molar refractivity (Wildman–Crippen MR) is 78.7 cm³/mol. The summed E-state index contributed by atoms with van der Waals surface area (Å²) in [5.41, 5.74) is 6.83. The van der Waals surface area contributed by atoms with Crippen LogP contribution in [0.1, 0.15) is 11.1 Å². The minimum Gasteiger partial charge on any atom is -0.472 e. The van der Waals surface area contributed by atoms with Gasteiger partial charge < -0.3 is 10.5 Å². The maximum atomic E-state index is 7.40. The molecule has 1 aromatic heterocycles. The number of aromatic nitrogens is 1. The number of nitrogen functional groups attached to an aromatic ring is 1. The van der Waals surface area contributed by atoms with E-state index in [1.54, 1.807) is 6.07 Å². The Balaban J connectivity index is 2.13. The SMILES string of the molecule is N=C(N)c1ccnc(OCc2ccc(Br)cc2)c1Cl. The first kappa shape index (κ1) is 13.8. The number of ether oxygens (including phenoxy) is 1. The van der Waals surface area contributed by atoms with Crippen molar-refractivity contribution < 1.29 is 4.74 Å². The van der Waals surface area contributed by atoms with E-state index in [1.807, 2.05) is 24.3 Å². The molecule has 0 saturated heterocycles. The summed E-state index contributed by atoms with van der Waals surface area (Å²) in [7, 11) is 0. The van der Waals surface area contributed by atoms with Crippen molar-refractivity contribution in [1.82, 2.24) is 4.98 Å². The zero-order chi connectivity index (χ0) is 13.8. The van der Waals surface area contributed by atoms with Gasteiger partial charge in [0.15, 0.2) is 0 Å². The third kappa shape index (κ3) is 3.45. The molecule has 0 spiro atoms. The molecule has 0 atom stereocenters. The number of amidine groups is 1. The Kier molecular flexibility index (Phi) is 4.39. The Hall–Kier alpha value is -1.59. The molecular weight excluding hydrogens is 330 g/mol. The molecule has 0 aliphatic rings. The van der Waals surface area contributed by atoms with Crippen LogP contribution in [0.4, 0.5) is 0 Å². The molecule has 0 fully saturated rings. The van der Waals surface area contributed by atoms with Crippen LogP contribution in [0.5, 0.6) is 5.88 Å². The van der Waals surface area contributed by atoms with E-state index in [4.69, 9.17) is 27.5 Å². The van der Waals surface area contributed by atoms with Gasteiger partial charge in [-0.15, -0.1) is 0 Å². The van der Waals surface area contributed by atoms with Crippen LogP contribution < -0.4 is 10.5 Å². The molecule has 2 aromatic rings. The summed E-state index contributed by atoms with van der Waals surface area (Å²) in [6.07, 6.45) is 1.51. The average molecular weight is 341 g/mol. The summed E-state index contributed by atoms with van der Waals surface area (Å²) >= 11 is 9.45. The second kappa shape index (κ2) is 6.04. The Morgan fingerprint density at radius 1 is 1.32 bits per heavy atom. The molecule has 0 aliphatic carbocycles. The van der Waals surface area contributed by atoms with Crippen LogP contribution in [0.3, 0.4) is 0 Å². The molecule has 0 saturated carbocycles. The van der Waals surface area contributed by atoms with E-state index in [1.165, 1.54) is 6.20 Å². The van der Waals surface area contributed by atoms with Crippen LogP contribution in [0.15, 0.2) is 41.0 Å². The molecular formula is C13H11BrClN3O. The van der Waals surface area contributed by atoms with E-state index < -0.39 is 0 Å². The van der Waals surface area contributed by atoms with Crippen LogP contribution in [0, 0.1) is 5.41 Å². The van der Waals surface area contributed by atoms with Gasteiger partial charge in [0.05, 0.1) is 0 Å². The van der Waals surface area contributed by atoms with Gasteiger partial charge in [0.2, 0.25) is 5.88 Å². The zero-order valence-electron chi connectivity index (χ0n) is 9.86. The third-order valence-electron chi connectivity index (χ3n) is 2.44. The number of nitrogens with two attached hydrogens (primary N) is 1. The number of benzene rings is 1. The van der Waals surface area contributed by atoms with Gasteiger partial charge in [-0.25, -0.2) is 4.98 Å². The number of pyridine rings is 1.